The minimum atomic E-state index is -0.214. The highest BCUT2D eigenvalue weighted by atomic mass is 16.2. The predicted molar refractivity (Wildman–Crippen MR) is 89.5 cm³/mol. The molecule has 0 unspecified atom stereocenters. The van der Waals surface area contributed by atoms with E-state index in [0.29, 0.717) is 37.1 Å². The summed E-state index contributed by atoms with van der Waals surface area (Å²) in [6, 6.07) is 7.08. The van der Waals surface area contributed by atoms with E-state index in [-0.39, 0.29) is 23.9 Å². The maximum atomic E-state index is 12.5. The lowest BCUT2D eigenvalue weighted by Gasteiger charge is -2.21. The molecule has 1 fully saturated rings. The molecule has 2 amide bonds. The van der Waals surface area contributed by atoms with Crippen molar-refractivity contribution in [3.05, 3.63) is 40.9 Å². The highest BCUT2D eigenvalue weighted by Gasteiger charge is 2.20. The van der Waals surface area contributed by atoms with Gasteiger partial charge in [-0.3, -0.25) is 19.0 Å². The Hall–Kier alpha value is -2.70. The zero-order valence-electron chi connectivity index (χ0n) is 13.6. The van der Waals surface area contributed by atoms with Crippen LogP contribution in [0.25, 0.3) is 10.9 Å². The van der Waals surface area contributed by atoms with Crippen LogP contribution in [0.15, 0.2) is 35.4 Å². The first-order chi connectivity index (χ1) is 11.6. The van der Waals surface area contributed by atoms with Crippen molar-refractivity contribution in [3.8, 4) is 0 Å². The summed E-state index contributed by atoms with van der Waals surface area (Å²) in [6.07, 6.45) is 2.17. The van der Waals surface area contributed by atoms with Gasteiger partial charge in [0.1, 0.15) is 6.54 Å². The van der Waals surface area contributed by atoms with E-state index < -0.39 is 0 Å². The number of hydrogen-bond donors (Lipinski definition) is 0. The second-order valence-electron chi connectivity index (χ2n) is 5.94. The molecule has 1 aliphatic heterocycles. The third-order valence-electron chi connectivity index (χ3n) is 4.33. The molecule has 1 aromatic heterocycles. The molecule has 0 bridgehead atoms. The molecule has 0 aliphatic carbocycles. The lowest BCUT2D eigenvalue weighted by Crippen LogP contribution is -2.39. The van der Waals surface area contributed by atoms with Gasteiger partial charge in [0.25, 0.3) is 5.56 Å². The van der Waals surface area contributed by atoms with E-state index in [1.54, 1.807) is 28.0 Å². The van der Waals surface area contributed by atoms with E-state index in [0.717, 1.165) is 6.42 Å². The van der Waals surface area contributed by atoms with Crippen molar-refractivity contribution in [2.45, 2.75) is 19.9 Å². The van der Waals surface area contributed by atoms with Crippen LogP contribution in [-0.4, -0.2) is 57.3 Å². The standard InChI is InChI=1S/C17H20N4O3/c1-13(22)19-7-4-8-20(10-9-19)16(23)11-21-12-18-15-6-3-2-5-14(15)17(21)24/h2-3,5-6,12H,4,7-11H2,1H3. The van der Waals surface area contributed by atoms with Crippen molar-refractivity contribution < 1.29 is 9.59 Å². The fourth-order valence-electron chi connectivity index (χ4n) is 2.95. The van der Waals surface area contributed by atoms with Gasteiger partial charge in [-0.15, -0.1) is 0 Å². The normalized spacial score (nSPS) is 15.4. The smallest absolute Gasteiger partial charge is 0.261 e. The maximum Gasteiger partial charge on any atom is 0.261 e. The predicted octanol–water partition coefficient (Wildman–Crippen LogP) is 0.477. The molecule has 0 radical (unpaired) electrons. The largest absolute Gasteiger partial charge is 0.341 e. The van der Waals surface area contributed by atoms with Crippen molar-refractivity contribution in [2.24, 2.45) is 0 Å². The van der Waals surface area contributed by atoms with E-state index in [9.17, 15) is 14.4 Å². The molecule has 7 heteroatoms. The number of carbonyl (C=O) groups excluding carboxylic acids is 2. The van der Waals surface area contributed by atoms with Crippen LogP contribution < -0.4 is 5.56 Å². The molecule has 3 rings (SSSR count). The quantitative estimate of drug-likeness (QED) is 0.803. The molecule has 1 aliphatic rings. The van der Waals surface area contributed by atoms with Gasteiger partial charge in [-0.1, -0.05) is 12.1 Å². The molecule has 1 aromatic carbocycles. The molecule has 24 heavy (non-hydrogen) atoms. The van der Waals surface area contributed by atoms with Crippen LogP contribution in [0.2, 0.25) is 0 Å². The van der Waals surface area contributed by atoms with E-state index in [1.165, 1.54) is 17.8 Å². The van der Waals surface area contributed by atoms with Crippen molar-refractivity contribution in [3.63, 3.8) is 0 Å². The minimum absolute atomic E-state index is 0.0271. The number of rotatable bonds is 2. The van der Waals surface area contributed by atoms with Gasteiger partial charge in [-0.2, -0.15) is 0 Å². The van der Waals surface area contributed by atoms with Crippen molar-refractivity contribution in [1.29, 1.82) is 0 Å². The number of carbonyl (C=O) groups is 2. The molecule has 0 spiro atoms. The highest BCUT2D eigenvalue weighted by molar-refractivity contribution is 5.79. The van der Waals surface area contributed by atoms with E-state index in [2.05, 4.69) is 4.98 Å². The summed E-state index contributed by atoms with van der Waals surface area (Å²) >= 11 is 0. The molecule has 2 aromatic rings. The maximum absolute atomic E-state index is 12.5. The van der Waals surface area contributed by atoms with Gasteiger partial charge in [-0.05, 0) is 18.6 Å². The molecular weight excluding hydrogens is 308 g/mol. The number of benzene rings is 1. The average Bonchev–Trinajstić information content (AvgIpc) is 2.84. The summed E-state index contributed by atoms with van der Waals surface area (Å²) in [5.74, 6) is -0.0983. The number of nitrogens with zero attached hydrogens (tertiary/aromatic N) is 4. The van der Waals surface area contributed by atoms with Gasteiger partial charge >= 0.3 is 0 Å². The number of para-hydroxylation sites is 1. The second-order valence-corrected chi connectivity index (χ2v) is 5.94. The van der Waals surface area contributed by atoms with E-state index in [1.807, 2.05) is 6.07 Å². The Kier molecular flexibility index (Phi) is 4.59. The third kappa shape index (κ3) is 3.29. The van der Waals surface area contributed by atoms with Crippen LogP contribution in [0.5, 0.6) is 0 Å². The zero-order chi connectivity index (χ0) is 17.1. The van der Waals surface area contributed by atoms with Crippen molar-refractivity contribution in [2.75, 3.05) is 26.2 Å². The van der Waals surface area contributed by atoms with Crippen LogP contribution >= 0.6 is 0 Å². The summed E-state index contributed by atoms with van der Waals surface area (Å²) in [6.45, 7) is 3.80. The fourth-order valence-corrected chi connectivity index (χ4v) is 2.95. The summed E-state index contributed by atoms with van der Waals surface area (Å²) in [7, 11) is 0. The van der Waals surface area contributed by atoms with Crippen molar-refractivity contribution in [1.82, 2.24) is 19.4 Å². The van der Waals surface area contributed by atoms with Gasteiger partial charge in [0.05, 0.1) is 17.2 Å². The molecule has 0 atom stereocenters. The van der Waals surface area contributed by atoms with Crippen LogP contribution in [0.1, 0.15) is 13.3 Å². The molecular formula is C17H20N4O3. The fraction of sp³-hybridized carbons (Fsp3) is 0.412. The van der Waals surface area contributed by atoms with Gasteiger partial charge in [0.15, 0.2) is 0 Å². The zero-order valence-corrected chi connectivity index (χ0v) is 13.6. The van der Waals surface area contributed by atoms with Crippen molar-refractivity contribution >= 4 is 22.7 Å². The van der Waals surface area contributed by atoms with Crippen LogP contribution in [0, 0.1) is 0 Å². The molecule has 2 heterocycles. The highest BCUT2D eigenvalue weighted by Crippen LogP contribution is 2.07. The molecule has 0 saturated carbocycles. The number of amides is 2. The van der Waals surface area contributed by atoms with E-state index >= 15 is 0 Å². The number of fused-ring (bicyclic) bond motifs is 1. The summed E-state index contributed by atoms with van der Waals surface area (Å²) in [4.78, 5) is 44.1. The minimum Gasteiger partial charge on any atom is -0.341 e. The second kappa shape index (κ2) is 6.82. The Balaban J connectivity index is 1.74. The van der Waals surface area contributed by atoms with Gasteiger partial charge in [0.2, 0.25) is 11.8 Å². The monoisotopic (exact) mass is 328 g/mol. The Morgan fingerprint density at radius 2 is 1.79 bits per heavy atom. The first kappa shape index (κ1) is 16.2. The SMILES string of the molecule is CC(=O)N1CCCN(C(=O)Cn2cnc3ccccc3c2=O)CC1. The summed E-state index contributed by atoms with van der Waals surface area (Å²) in [5, 5.41) is 0.506. The Morgan fingerprint density at radius 1 is 1.08 bits per heavy atom. The first-order valence-electron chi connectivity index (χ1n) is 8.04. The average molecular weight is 328 g/mol. The molecule has 1 saturated heterocycles. The van der Waals surface area contributed by atoms with Gasteiger partial charge in [-0.25, -0.2) is 4.98 Å². The van der Waals surface area contributed by atoms with Crippen LogP contribution in [0.4, 0.5) is 0 Å². The Bertz CT molecular complexity index is 830. The molecule has 126 valence electrons. The van der Waals surface area contributed by atoms with Crippen LogP contribution in [0.3, 0.4) is 0 Å². The molecule has 0 N–H and O–H groups in total. The topological polar surface area (TPSA) is 75.5 Å². The summed E-state index contributed by atoms with van der Waals surface area (Å²) in [5.41, 5.74) is 0.409. The van der Waals surface area contributed by atoms with Gasteiger partial charge < -0.3 is 9.80 Å². The lowest BCUT2D eigenvalue weighted by atomic mass is 10.2. The van der Waals surface area contributed by atoms with Crippen LogP contribution in [-0.2, 0) is 16.1 Å². The third-order valence-corrected chi connectivity index (χ3v) is 4.33. The van der Waals surface area contributed by atoms with Gasteiger partial charge in [0, 0.05) is 33.1 Å². The Labute approximate surface area is 139 Å². The lowest BCUT2D eigenvalue weighted by molar-refractivity contribution is -0.133. The number of aromatic nitrogens is 2. The first-order valence-corrected chi connectivity index (χ1v) is 8.04. The van der Waals surface area contributed by atoms with E-state index in [4.69, 9.17) is 0 Å². The number of hydrogen-bond acceptors (Lipinski definition) is 4. The summed E-state index contributed by atoms with van der Waals surface area (Å²) < 4.78 is 1.35. The Morgan fingerprint density at radius 3 is 2.58 bits per heavy atom. The molecule has 7 nitrogen and oxygen atoms in total.